The first kappa shape index (κ1) is 24.0. The molecule has 0 radical (unpaired) electrons. The van der Waals surface area contributed by atoms with E-state index in [2.05, 4.69) is 15.4 Å². The van der Waals surface area contributed by atoms with E-state index in [9.17, 15) is 19.2 Å². The lowest BCUT2D eigenvalue weighted by Crippen LogP contribution is -2.50. The van der Waals surface area contributed by atoms with Crippen molar-refractivity contribution in [2.45, 2.75) is 39.3 Å². The highest BCUT2D eigenvalue weighted by molar-refractivity contribution is 5.99. The third-order valence-electron chi connectivity index (χ3n) is 5.49. The van der Waals surface area contributed by atoms with Gasteiger partial charge in [-0.2, -0.15) is 0 Å². The number of anilines is 1. The predicted octanol–water partition coefficient (Wildman–Crippen LogP) is 2.53. The fourth-order valence-electron chi connectivity index (χ4n) is 3.74. The van der Waals surface area contributed by atoms with Crippen LogP contribution in [0.25, 0.3) is 0 Å². The molecule has 2 aromatic rings. The normalized spacial score (nSPS) is 14.9. The van der Waals surface area contributed by atoms with Crippen LogP contribution in [0.4, 0.5) is 5.69 Å². The lowest BCUT2D eigenvalue weighted by atomic mass is 9.92. The molecular formula is C25H29N3O5. The van der Waals surface area contributed by atoms with Gasteiger partial charge in [0, 0.05) is 30.6 Å². The maximum Gasteiger partial charge on any atom is 0.325 e. The second-order valence-corrected chi connectivity index (χ2v) is 8.43. The van der Waals surface area contributed by atoms with Crippen molar-refractivity contribution < 1.29 is 23.9 Å². The molecule has 174 valence electrons. The summed E-state index contributed by atoms with van der Waals surface area (Å²) in [5.74, 6) is -1.09. The minimum absolute atomic E-state index is 0.0442. The van der Waals surface area contributed by atoms with Crippen LogP contribution in [0.5, 0.6) is 0 Å². The van der Waals surface area contributed by atoms with Gasteiger partial charge in [0.05, 0.1) is 7.11 Å². The Hall–Kier alpha value is -3.68. The van der Waals surface area contributed by atoms with Crippen LogP contribution in [0, 0.1) is 5.92 Å². The second-order valence-electron chi connectivity index (χ2n) is 8.43. The third-order valence-corrected chi connectivity index (χ3v) is 5.49. The molecule has 8 heteroatoms. The van der Waals surface area contributed by atoms with Crippen molar-refractivity contribution in [2.24, 2.45) is 5.92 Å². The number of benzene rings is 2. The summed E-state index contributed by atoms with van der Waals surface area (Å²) in [6.45, 7) is 4.14. The van der Waals surface area contributed by atoms with E-state index >= 15 is 0 Å². The summed E-state index contributed by atoms with van der Waals surface area (Å²) < 4.78 is 4.50. The topological polar surface area (TPSA) is 105 Å². The molecule has 0 aliphatic carbocycles. The summed E-state index contributed by atoms with van der Waals surface area (Å²) in [7, 11) is 1.24. The van der Waals surface area contributed by atoms with Gasteiger partial charge in [-0.1, -0.05) is 38.1 Å². The molecule has 8 nitrogen and oxygen atoms in total. The number of amides is 3. The first-order valence-electron chi connectivity index (χ1n) is 10.9. The standard InChI is InChI=1S/C25H29N3O5/c1-16(2)12-22(29)28-15-19-7-5-4-6-18(19)13-21(28)25(32)27-20-10-8-17(9-11-20)24(31)26-14-23(30)33-3/h4-11,16,21H,12-15H2,1-3H3,(H,26,31)(H,27,32). The van der Waals surface area contributed by atoms with Gasteiger partial charge < -0.3 is 20.3 Å². The first-order valence-corrected chi connectivity index (χ1v) is 10.9. The zero-order valence-electron chi connectivity index (χ0n) is 19.1. The van der Waals surface area contributed by atoms with Crippen LogP contribution in [-0.4, -0.2) is 48.3 Å². The van der Waals surface area contributed by atoms with Crippen molar-refractivity contribution in [3.63, 3.8) is 0 Å². The molecule has 1 unspecified atom stereocenters. The summed E-state index contributed by atoms with van der Waals surface area (Å²) >= 11 is 0. The molecular weight excluding hydrogens is 422 g/mol. The SMILES string of the molecule is COC(=O)CNC(=O)c1ccc(NC(=O)C2Cc3ccccc3CN2C(=O)CC(C)C)cc1. The Bertz CT molecular complexity index is 1030. The van der Waals surface area contributed by atoms with E-state index in [0.717, 1.165) is 11.1 Å². The molecule has 0 fully saturated rings. The number of nitrogens with zero attached hydrogens (tertiary/aromatic N) is 1. The number of methoxy groups -OCH3 is 1. The predicted molar refractivity (Wildman–Crippen MR) is 123 cm³/mol. The highest BCUT2D eigenvalue weighted by Crippen LogP contribution is 2.26. The lowest BCUT2D eigenvalue weighted by Gasteiger charge is -2.36. The van der Waals surface area contributed by atoms with Crippen molar-refractivity contribution >= 4 is 29.4 Å². The molecule has 0 saturated carbocycles. The van der Waals surface area contributed by atoms with Gasteiger partial charge in [0.1, 0.15) is 12.6 Å². The Morgan fingerprint density at radius 1 is 1.03 bits per heavy atom. The number of esters is 1. The number of rotatable bonds is 7. The zero-order chi connectivity index (χ0) is 24.0. The molecule has 3 rings (SSSR count). The number of carbonyl (C=O) groups excluding carboxylic acids is 4. The van der Waals surface area contributed by atoms with Crippen LogP contribution in [0.2, 0.25) is 0 Å². The highest BCUT2D eigenvalue weighted by atomic mass is 16.5. The Balaban J connectivity index is 1.71. The molecule has 2 aromatic carbocycles. The smallest absolute Gasteiger partial charge is 0.325 e. The zero-order valence-corrected chi connectivity index (χ0v) is 19.1. The van der Waals surface area contributed by atoms with Gasteiger partial charge >= 0.3 is 5.97 Å². The van der Waals surface area contributed by atoms with Crippen LogP contribution in [-0.2, 0) is 32.1 Å². The fourth-order valence-corrected chi connectivity index (χ4v) is 3.74. The van der Waals surface area contributed by atoms with Crippen LogP contribution in [0.1, 0.15) is 41.8 Å². The van der Waals surface area contributed by atoms with Gasteiger partial charge in [-0.05, 0) is 41.3 Å². The average Bonchev–Trinajstić information content (AvgIpc) is 2.81. The number of hydrogen-bond acceptors (Lipinski definition) is 5. The van der Waals surface area contributed by atoms with E-state index in [-0.39, 0.29) is 24.3 Å². The Labute approximate surface area is 193 Å². The fraction of sp³-hybridized carbons (Fsp3) is 0.360. The molecule has 1 atom stereocenters. The maximum atomic E-state index is 13.2. The van der Waals surface area contributed by atoms with Gasteiger partial charge in [0.15, 0.2) is 0 Å². The van der Waals surface area contributed by atoms with Crippen LogP contribution in [0.3, 0.4) is 0 Å². The third kappa shape index (κ3) is 6.19. The first-order chi connectivity index (χ1) is 15.8. The monoisotopic (exact) mass is 451 g/mol. The Kier molecular flexibility index (Phi) is 7.82. The summed E-state index contributed by atoms with van der Waals surface area (Å²) in [6, 6.07) is 13.6. The van der Waals surface area contributed by atoms with E-state index in [1.807, 2.05) is 38.1 Å². The molecule has 0 spiro atoms. The molecule has 0 bridgehead atoms. The van der Waals surface area contributed by atoms with E-state index in [4.69, 9.17) is 0 Å². The molecule has 0 saturated heterocycles. The molecule has 0 aromatic heterocycles. The van der Waals surface area contributed by atoms with E-state index < -0.39 is 17.9 Å². The van der Waals surface area contributed by atoms with Crippen LogP contribution >= 0.6 is 0 Å². The molecule has 1 aliphatic heterocycles. The maximum absolute atomic E-state index is 13.2. The van der Waals surface area contributed by atoms with Crippen molar-refractivity contribution in [3.05, 3.63) is 65.2 Å². The van der Waals surface area contributed by atoms with E-state index in [1.54, 1.807) is 29.2 Å². The van der Waals surface area contributed by atoms with Crippen LogP contribution < -0.4 is 10.6 Å². The minimum Gasteiger partial charge on any atom is -0.468 e. The summed E-state index contributed by atoms with van der Waals surface area (Å²) in [5, 5.41) is 5.33. The van der Waals surface area contributed by atoms with Crippen molar-refractivity contribution in [1.29, 1.82) is 0 Å². The molecule has 33 heavy (non-hydrogen) atoms. The second kappa shape index (κ2) is 10.8. The number of fused-ring (bicyclic) bond motifs is 1. The van der Waals surface area contributed by atoms with Crippen molar-refractivity contribution in [3.8, 4) is 0 Å². The molecule has 1 heterocycles. The number of ether oxygens (including phenoxy) is 1. The molecule has 1 aliphatic rings. The van der Waals surface area contributed by atoms with E-state index in [1.165, 1.54) is 7.11 Å². The van der Waals surface area contributed by atoms with Gasteiger partial charge in [-0.15, -0.1) is 0 Å². The molecule has 2 N–H and O–H groups in total. The van der Waals surface area contributed by atoms with Gasteiger partial charge in [-0.25, -0.2) is 0 Å². The summed E-state index contributed by atoms with van der Waals surface area (Å²) in [4.78, 5) is 51.0. The average molecular weight is 452 g/mol. The van der Waals surface area contributed by atoms with Crippen LogP contribution in [0.15, 0.2) is 48.5 Å². The highest BCUT2D eigenvalue weighted by Gasteiger charge is 2.34. The lowest BCUT2D eigenvalue weighted by molar-refractivity contribution is -0.140. The van der Waals surface area contributed by atoms with E-state index in [0.29, 0.717) is 30.6 Å². The van der Waals surface area contributed by atoms with Crippen molar-refractivity contribution in [2.75, 3.05) is 19.0 Å². The van der Waals surface area contributed by atoms with Crippen molar-refractivity contribution in [1.82, 2.24) is 10.2 Å². The van der Waals surface area contributed by atoms with Gasteiger partial charge in [0.25, 0.3) is 5.91 Å². The minimum atomic E-state index is -0.616. The summed E-state index contributed by atoms with van der Waals surface area (Å²) in [6.07, 6.45) is 0.821. The number of hydrogen-bond donors (Lipinski definition) is 2. The largest absolute Gasteiger partial charge is 0.468 e. The number of carbonyl (C=O) groups is 4. The Morgan fingerprint density at radius 2 is 1.70 bits per heavy atom. The molecule has 3 amide bonds. The van der Waals surface area contributed by atoms with Gasteiger partial charge in [-0.3, -0.25) is 19.2 Å². The van der Waals surface area contributed by atoms with Gasteiger partial charge in [0.2, 0.25) is 11.8 Å². The number of nitrogens with one attached hydrogen (secondary N) is 2. The summed E-state index contributed by atoms with van der Waals surface area (Å²) in [5.41, 5.74) is 2.97. The quantitative estimate of drug-likeness (QED) is 0.630. The Morgan fingerprint density at radius 3 is 2.33 bits per heavy atom.